The number of hydrogen-bond donors (Lipinski definition) is 1. The molecule has 0 aliphatic carbocycles. The first kappa shape index (κ1) is 15.2. The molecule has 0 spiro atoms. The molecule has 0 heterocycles. The molecule has 0 amide bonds. The predicted octanol–water partition coefficient (Wildman–Crippen LogP) is 2.41. The van der Waals surface area contributed by atoms with Gasteiger partial charge in [0.1, 0.15) is 0 Å². The van der Waals surface area contributed by atoms with E-state index in [9.17, 15) is 8.42 Å². The van der Waals surface area contributed by atoms with Crippen molar-refractivity contribution in [2.45, 2.75) is 39.5 Å². The van der Waals surface area contributed by atoms with E-state index in [0.717, 1.165) is 23.1 Å². The molecule has 0 aliphatic heterocycles. The van der Waals surface area contributed by atoms with Crippen molar-refractivity contribution in [1.29, 1.82) is 0 Å². The minimum atomic E-state index is -3.00. The molecule has 1 aromatic carbocycles. The zero-order valence-corrected chi connectivity index (χ0v) is 12.3. The van der Waals surface area contributed by atoms with Crippen LogP contribution in [-0.4, -0.2) is 14.2 Å². The molecule has 0 atom stereocenters. The third kappa shape index (κ3) is 4.78. The van der Waals surface area contributed by atoms with Crippen molar-refractivity contribution in [3.63, 3.8) is 0 Å². The first-order valence-electron chi connectivity index (χ1n) is 6.33. The Balaban J connectivity index is 2.78. The average Bonchev–Trinajstić information content (AvgIpc) is 2.29. The van der Waals surface area contributed by atoms with E-state index in [-0.39, 0.29) is 11.5 Å². The number of hydrogen-bond acceptors (Lipinski definition) is 3. The summed E-state index contributed by atoms with van der Waals surface area (Å²) in [7, 11) is -3.00. The van der Waals surface area contributed by atoms with Crippen molar-refractivity contribution in [3.05, 3.63) is 34.9 Å². The van der Waals surface area contributed by atoms with Gasteiger partial charge in [0.25, 0.3) is 0 Å². The normalized spacial score (nSPS) is 12.1. The Kier molecular flexibility index (Phi) is 5.35. The van der Waals surface area contributed by atoms with Gasteiger partial charge < -0.3 is 5.73 Å². The summed E-state index contributed by atoms with van der Waals surface area (Å²) in [5.74, 6) is 0.819. The summed E-state index contributed by atoms with van der Waals surface area (Å²) < 4.78 is 24.0. The summed E-state index contributed by atoms with van der Waals surface area (Å²) in [4.78, 5) is 0. The minimum Gasteiger partial charge on any atom is -0.326 e. The molecule has 0 saturated heterocycles. The fraction of sp³-hybridized carbons (Fsp3) is 0.571. The van der Waals surface area contributed by atoms with Crippen LogP contribution in [0, 0.1) is 12.8 Å². The van der Waals surface area contributed by atoms with Crippen LogP contribution < -0.4 is 5.73 Å². The smallest absolute Gasteiger partial charge is 0.154 e. The monoisotopic (exact) mass is 269 g/mol. The SMILES string of the molecule is Cc1cc(CN)ccc1CS(=O)(=O)CCC(C)C. The topological polar surface area (TPSA) is 60.2 Å². The highest BCUT2D eigenvalue weighted by atomic mass is 32.2. The van der Waals surface area contributed by atoms with Crippen LogP contribution in [0.5, 0.6) is 0 Å². The van der Waals surface area contributed by atoms with Crippen LogP contribution in [0.3, 0.4) is 0 Å². The third-order valence-corrected chi connectivity index (χ3v) is 4.63. The van der Waals surface area contributed by atoms with Crippen molar-refractivity contribution in [2.75, 3.05) is 5.75 Å². The second-order valence-corrected chi connectivity index (χ2v) is 7.42. The zero-order valence-electron chi connectivity index (χ0n) is 11.4. The highest BCUT2D eigenvalue weighted by Gasteiger charge is 2.14. The minimum absolute atomic E-state index is 0.135. The molecule has 0 radical (unpaired) electrons. The van der Waals surface area contributed by atoms with Crippen molar-refractivity contribution >= 4 is 9.84 Å². The lowest BCUT2D eigenvalue weighted by molar-refractivity contribution is 0.573. The Hall–Kier alpha value is -0.870. The predicted molar refractivity (Wildman–Crippen MR) is 76.0 cm³/mol. The molecule has 0 unspecified atom stereocenters. The van der Waals surface area contributed by atoms with Gasteiger partial charge in [-0.3, -0.25) is 0 Å². The molecular formula is C14H23NO2S. The molecule has 2 N–H and O–H groups in total. The lowest BCUT2D eigenvalue weighted by atomic mass is 10.1. The van der Waals surface area contributed by atoms with E-state index in [2.05, 4.69) is 0 Å². The number of benzene rings is 1. The van der Waals surface area contributed by atoms with Gasteiger partial charge in [0.2, 0.25) is 0 Å². The van der Waals surface area contributed by atoms with Crippen LogP contribution >= 0.6 is 0 Å². The van der Waals surface area contributed by atoms with E-state index in [1.54, 1.807) is 0 Å². The largest absolute Gasteiger partial charge is 0.326 e. The van der Waals surface area contributed by atoms with Crippen LogP contribution in [0.4, 0.5) is 0 Å². The van der Waals surface area contributed by atoms with E-state index in [4.69, 9.17) is 5.73 Å². The summed E-state index contributed by atoms with van der Waals surface area (Å²) >= 11 is 0. The standard InChI is InChI=1S/C14H23NO2S/c1-11(2)6-7-18(16,17)10-14-5-4-13(9-15)8-12(14)3/h4-5,8,11H,6-7,9-10,15H2,1-3H3. The molecule has 0 aliphatic rings. The van der Waals surface area contributed by atoms with Gasteiger partial charge in [0, 0.05) is 6.54 Å². The van der Waals surface area contributed by atoms with Crippen LogP contribution in [0.25, 0.3) is 0 Å². The van der Waals surface area contributed by atoms with Gasteiger partial charge in [0.15, 0.2) is 9.84 Å². The van der Waals surface area contributed by atoms with Gasteiger partial charge in [-0.15, -0.1) is 0 Å². The van der Waals surface area contributed by atoms with E-state index in [0.29, 0.717) is 12.5 Å². The van der Waals surface area contributed by atoms with Crippen LogP contribution in [0.1, 0.15) is 37.0 Å². The molecule has 3 nitrogen and oxygen atoms in total. The maximum absolute atomic E-state index is 12.0. The quantitative estimate of drug-likeness (QED) is 0.862. The first-order chi connectivity index (χ1) is 8.34. The summed E-state index contributed by atoms with van der Waals surface area (Å²) in [6.07, 6.45) is 0.724. The Labute approximate surface area is 110 Å². The molecule has 0 bridgehead atoms. The first-order valence-corrected chi connectivity index (χ1v) is 8.15. The van der Waals surface area contributed by atoms with E-state index in [1.165, 1.54) is 0 Å². The molecule has 0 saturated carbocycles. The number of nitrogens with two attached hydrogens (primary N) is 1. The maximum atomic E-state index is 12.0. The second-order valence-electron chi connectivity index (χ2n) is 5.24. The number of rotatable bonds is 6. The Bertz CT molecular complexity index is 493. The molecule has 0 aromatic heterocycles. The Morgan fingerprint density at radius 1 is 1.28 bits per heavy atom. The summed E-state index contributed by atoms with van der Waals surface area (Å²) in [5, 5.41) is 0. The fourth-order valence-corrected chi connectivity index (χ4v) is 3.54. The van der Waals surface area contributed by atoms with Crippen LogP contribution in [0.2, 0.25) is 0 Å². The molecule has 18 heavy (non-hydrogen) atoms. The molecular weight excluding hydrogens is 246 g/mol. The van der Waals surface area contributed by atoms with Gasteiger partial charge in [-0.2, -0.15) is 0 Å². The summed E-state index contributed by atoms with van der Waals surface area (Å²) in [6, 6.07) is 5.75. The van der Waals surface area contributed by atoms with E-state index in [1.807, 2.05) is 39.0 Å². The average molecular weight is 269 g/mol. The Morgan fingerprint density at radius 3 is 2.44 bits per heavy atom. The van der Waals surface area contributed by atoms with E-state index >= 15 is 0 Å². The van der Waals surface area contributed by atoms with Crippen molar-refractivity contribution in [1.82, 2.24) is 0 Å². The molecule has 0 fully saturated rings. The lowest BCUT2D eigenvalue weighted by Gasteiger charge is -2.10. The number of sulfone groups is 1. The second kappa shape index (κ2) is 6.34. The van der Waals surface area contributed by atoms with Gasteiger partial charge in [-0.1, -0.05) is 32.0 Å². The van der Waals surface area contributed by atoms with Gasteiger partial charge in [0.05, 0.1) is 11.5 Å². The van der Waals surface area contributed by atoms with Crippen LogP contribution in [-0.2, 0) is 22.1 Å². The fourth-order valence-electron chi connectivity index (χ4n) is 1.77. The lowest BCUT2D eigenvalue weighted by Crippen LogP contribution is -2.12. The van der Waals surface area contributed by atoms with Gasteiger partial charge in [-0.05, 0) is 36.0 Å². The van der Waals surface area contributed by atoms with Gasteiger partial charge in [-0.25, -0.2) is 8.42 Å². The van der Waals surface area contributed by atoms with Crippen LogP contribution in [0.15, 0.2) is 18.2 Å². The van der Waals surface area contributed by atoms with Gasteiger partial charge >= 0.3 is 0 Å². The molecule has 1 aromatic rings. The molecule has 1 rings (SSSR count). The van der Waals surface area contributed by atoms with Crippen molar-refractivity contribution in [2.24, 2.45) is 11.7 Å². The highest BCUT2D eigenvalue weighted by molar-refractivity contribution is 7.90. The third-order valence-electron chi connectivity index (χ3n) is 3.02. The van der Waals surface area contributed by atoms with E-state index < -0.39 is 9.84 Å². The molecule has 4 heteroatoms. The zero-order chi connectivity index (χ0) is 13.8. The maximum Gasteiger partial charge on any atom is 0.154 e. The molecule has 102 valence electrons. The highest BCUT2D eigenvalue weighted by Crippen LogP contribution is 2.16. The van der Waals surface area contributed by atoms with Crippen molar-refractivity contribution in [3.8, 4) is 0 Å². The Morgan fingerprint density at radius 2 is 1.94 bits per heavy atom. The number of aryl methyl sites for hydroxylation is 1. The van der Waals surface area contributed by atoms with Crippen molar-refractivity contribution < 1.29 is 8.42 Å². The summed E-state index contributed by atoms with van der Waals surface area (Å²) in [6.45, 7) is 6.50. The summed E-state index contributed by atoms with van der Waals surface area (Å²) in [5.41, 5.74) is 8.49.